The molecule has 2 aliphatic rings. The Morgan fingerprint density at radius 2 is 1.78 bits per heavy atom. The Labute approximate surface area is 162 Å². The van der Waals surface area contributed by atoms with Gasteiger partial charge in [0.25, 0.3) is 0 Å². The van der Waals surface area contributed by atoms with Crippen LogP contribution in [0.1, 0.15) is 34.3 Å². The third-order valence-corrected chi connectivity index (χ3v) is 5.50. The van der Waals surface area contributed by atoms with Crippen molar-refractivity contribution in [2.24, 2.45) is 0 Å². The van der Waals surface area contributed by atoms with E-state index in [9.17, 15) is 9.18 Å². The van der Waals surface area contributed by atoms with E-state index in [-0.39, 0.29) is 16.6 Å². The third-order valence-electron chi connectivity index (χ3n) is 5.21. The molecule has 1 spiro atoms. The van der Waals surface area contributed by atoms with Gasteiger partial charge in [0.05, 0.1) is 18.2 Å². The number of halogens is 2. The molecule has 2 fully saturated rings. The quantitative estimate of drug-likeness (QED) is 0.739. The monoisotopic (exact) mass is 389 g/mol. The summed E-state index contributed by atoms with van der Waals surface area (Å²) in [6.45, 7) is 3.91. The maximum absolute atomic E-state index is 13.3. The lowest BCUT2D eigenvalue weighted by Crippen LogP contribution is -2.44. The molecule has 2 aliphatic heterocycles. The SMILES string of the molecule is O=C(c1cccc(CN2CCC3(CC2)OCCO3)c1)c1ccc(F)c(Cl)c1. The van der Waals surface area contributed by atoms with Gasteiger partial charge in [-0.1, -0.05) is 29.8 Å². The first kappa shape index (κ1) is 18.6. The zero-order chi connectivity index (χ0) is 18.9. The Balaban J connectivity index is 1.43. The summed E-state index contributed by atoms with van der Waals surface area (Å²) < 4.78 is 24.9. The van der Waals surface area contributed by atoms with Gasteiger partial charge in [-0.05, 0) is 29.8 Å². The first-order valence-electron chi connectivity index (χ1n) is 9.14. The lowest BCUT2D eigenvalue weighted by Gasteiger charge is -2.37. The molecule has 2 aromatic carbocycles. The minimum absolute atomic E-state index is 0.0457. The van der Waals surface area contributed by atoms with Crippen molar-refractivity contribution in [2.75, 3.05) is 26.3 Å². The van der Waals surface area contributed by atoms with E-state index in [4.69, 9.17) is 21.1 Å². The maximum Gasteiger partial charge on any atom is 0.193 e. The van der Waals surface area contributed by atoms with Crippen LogP contribution in [-0.4, -0.2) is 42.8 Å². The van der Waals surface area contributed by atoms with Crippen LogP contribution in [0.15, 0.2) is 42.5 Å². The molecular weight excluding hydrogens is 369 g/mol. The number of piperidine rings is 1. The lowest BCUT2D eigenvalue weighted by atomic mass is 10.00. The van der Waals surface area contributed by atoms with Crippen molar-refractivity contribution in [1.29, 1.82) is 0 Å². The zero-order valence-corrected chi connectivity index (χ0v) is 15.7. The molecule has 0 aromatic heterocycles. The predicted molar refractivity (Wildman–Crippen MR) is 100 cm³/mol. The second kappa shape index (κ2) is 7.68. The van der Waals surface area contributed by atoms with Gasteiger partial charge in [-0.3, -0.25) is 9.69 Å². The van der Waals surface area contributed by atoms with Gasteiger partial charge in [0.2, 0.25) is 0 Å². The van der Waals surface area contributed by atoms with Gasteiger partial charge < -0.3 is 9.47 Å². The Bertz CT molecular complexity index is 841. The van der Waals surface area contributed by atoms with Crippen molar-refractivity contribution in [2.45, 2.75) is 25.2 Å². The molecule has 0 amide bonds. The summed E-state index contributed by atoms with van der Waals surface area (Å²) in [6, 6.07) is 11.6. The Kier molecular flexibility index (Phi) is 5.28. The molecule has 0 radical (unpaired) electrons. The molecule has 142 valence electrons. The van der Waals surface area contributed by atoms with Crippen molar-refractivity contribution >= 4 is 17.4 Å². The summed E-state index contributed by atoms with van der Waals surface area (Å²) in [5.74, 6) is -1.07. The van der Waals surface area contributed by atoms with Gasteiger partial charge in [-0.25, -0.2) is 4.39 Å². The fourth-order valence-corrected chi connectivity index (χ4v) is 3.89. The molecule has 2 heterocycles. The minimum atomic E-state index is -0.528. The fourth-order valence-electron chi connectivity index (χ4n) is 3.71. The minimum Gasteiger partial charge on any atom is -0.347 e. The maximum atomic E-state index is 13.3. The molecular formula is C21H21ClFNO3. The fraction of sp³-hybridized carbons (Fsp3) is 0.381. The van der Waals surface area contributed by atoms with Gasteiger partial charge in [-0.15, -0.1) is 0 Å². The summed E-state index contributed by atoms with van der Waals surface area (Å²) in [7, 11) is 0. The van der Waals surface area contributed by atoms with Crippen LogP contribution < -0.4 is 0 Å². The number of likely N-dealkylation sites (tertiary alicyclic amines) is 1. The van der Waals surface area contributed by atoms with Gasteiger partial charge in [0, 0.05) is 43.6 Å². The van der Waals surface area contributed by atoms with Crippen LogP contribution in [-0.2, 0) is 16.0 Å². The van der Waals surface area contributed by atoms with Crippen molar-refractivity contribution in [1.82, 2.24) is 4.90 Å². The Morgan fingerprint density at radius 3 is 2.48 bits per heavy atom. The molecule has 4 nitrogen and oxygen atoms in total. The number of hydrogen-bond acceptors (Lipinski definition) is 4. The largest absolute Gasteiger partial charge is 0.347 e. The molecule has 0 atom stereocenters. The second-order valence-corrected chi connectivity index (χ2v) is 7.45. The highest BCUT2D eigenvalue weighted by atomic mass is 35.5. The van der Waals surface area contributed by atoms with Crippen molar-refractivity contribution in [3.63, 3.8) is 0 Å². The first-order chi connectivity index (χ1) is 13.0. The Hall–Kier alpha value is -1.79. The highest BCUT2D eigenvalue weighted by Gasteiger charge is 2.39. The first-order valence-corrected chi connectivity index (χ1v) is 9.51. The number of carbonyl (C=O) groups excluding carboxylic acids is 1. The summed E-state index contributed by atoms with van der Waals surface area (Å²) in [4.78, 5) is 15.0. The van der Waals surface area contributed by atoms with E-state index in [2.05, 4.69) is 4.90 Å². The molecule has 0 bridgehead atoms. The molecule has 4 rings (SSSR count). The van der Waals surface area contributed by atoms with E-state index >= 15 is 0 Å². The zero-order valence-electron chi connectivity index (χ0n) is 14.9. The average molecular weight is 390 g/mol. The molecule has 6 heteroatoms. The van der Waals surface area contributed by atoms with Crippen LogP contribution in [0.5, 0.6) is 0 Å². The number of ketones is 1. The second-order valence-electron chi connectivity index (χ2n) is 7.04. The third kappa shape index (κ3) is 4.06. The number of benzene rings is 2. The van der Waals surface area contributed by atoms with E-state index in [0.717, 1.165) is 38.0 Å². The van der Waals surface area contributed by atoms with Crippen LogP contribution in [0.4, 0.5) is 4.39 Å². The molecule has 0 saturated carbocycles. The van der Waals surface area contributed by atoms with Crippen LogP contribution in [0.3, 0.4) is 0 Å². The number of ether oxygens (including phenoxy) is 2. The molecule has 27 heavy (non-hydrogen) atoms. The molecule has 0 aliphatic carbocycles. The van der Waals surface area contributed by atoms with E-state index in [1.165, 1.54) is 18.2 Å². The van der Waals surface area contributed by atoms with Crippen LogP contribution in [0.25, 0.3) is 0 Å². The molecule has 2 aromatic rings. The van der Waals surface area contributed by atoms with Crippen molar-refractivity contribution in [3.05, 3.63) is 70.0 Å². The summed E-state index contributed by atoms with van der Waals surface area (Å²) >= 11 is 5.80. The molecule has 0 unspecified atom stereocenters. The average Bonchev–Trinajstić information content (AvgIpc) is 3.14. The van der Waals surface area contributed by atoms with E-state index in [1.807, 2.05) is 18.2 Å². The number of carbonyl (C=O) groups is 1. The normalized spacial score (nSPS) is 19.5. The van der Waals surface area contributed by atoms with Gasteiger partial charge in [0.1, 0.15) is 5.82 Å². The van der Waals surface area contributed by atoms with E-state index in [0.29, 0.717) is 24.3 Å². The number of rotatable bonds is 4. The van der Waals surface area contributed by atoms with E-state index in [1.54, 1.807) is 6.07 Å². The van der Waals surface area contributed by atoms with Crippen molar-refractivity contribution < 1.29 is 18.7 Å². The van der Waals surface area contributed by atoms with Crippen molar-refractivity contribution in [3.8, 4) is 0 Å². The summed E-state index contributed by atoms with van der Waals surface area (Å²) in [5.41, 5.74) is 2.03. The Morgan fingerprint density at radius 1 is 1.07 bits per heavy atom. The highest BCUT2D eigenvalue weighted by molar-refractivity contribution is 6.31. The van der Waals surface area contributed by atoms with Gasteiger partial charge in [-0.2, -0.15) is 0 Å². The van der Waals surface area contributed by atoms with Crippen LogP contribution >= 0.6 is 11.6 Å². The number of hydrogen-bond donors (Lipinski definition) is 0. The van der Waals surface area contributed by atoms with Crippen LogP contribution in [0.2, 0.25) is 5.02 Å². The summed E-state index contributed by atoms with van der Waals surface area (Å²) in [6.07, 6.45) is 1.72. The van der Waals surface area contributed by atoms with E-state index < -0.39 is 5.82 Å². The molecule has 0 N–H and O–H groups in total. The smallest absolute Gasteiger partial charge is 0.193 e. The predicted octanol–water partition coefficient (Wildman–Crippen LogP) is 4.05. The topological polar surface area (TPSA) is 38.8 Å². The van der Waals surface area contributed by atoms with Gasteiger partial charge in [0.15, 0.2) is 11.6 Å². The lowest BCUT2D eigenvalue weighted by molar-refractivity contribution is -0.185. The van der Waals surface area contributed by atoms with Crippen LogP contribution in [0, 0.1) is 5.82 Å². The summed E-state index contributed by atoms with van der Waals surface area (Å²) in [5, 5.41) is -0.0457. The number of nitrogens with zero attached hydrogens (tertiary/aromatic N) is 1. The highest BCUT2D eigenvalue weighted by Crippen LogP contribution is 2.31. The molecule has 2 saturated heterocycles. The standard InChI is InChI=1S/C21H21ClFNO3/c22-18-13-17(4-5-19(18)23)20(25)16-3-1-2-15(12-16)14-24-8-6-21(7-9-24)26-10-11-27-21/h1-5,12-13H,6-11,14H2. The van der Waals surface area contributed by atoms with Gasteiger partial charge >= 0.3 is 0 Å².